The quantitative estimate of drug-likeness (QED) is 0.906. The number of hydrogen-bond donors (Lipinski definition) is 1. The third-order valence-electron chi connectivity index (χ3n) is 3.01. The molecule has 0 fully saturated rings. The van der Waals surface area contributed by atoms with E-state index in [4.69, 9.17) is 0 Å². The van der Waals surface area contributed by atoms with Gasteiger partial charge in [-0.1, -0.05) is 28.1 Å². The van der Waals surface area contributed by atoms with Crippen LogP contribution in [0.15, 0.2) is 41.0 Å². The summed E-state index contributed by atoms with van der Waals surface area (Å²) in [5.41, 5.74) is 1.73. The average Bonchev–Trinajstić information content (AvgIpc) is 2.44. The Morgan fingerprint density at radius 3 is 2.60 bits per heavy atom. The van der Waals surface area contributed by atoms with Gasteiger partial charge >= 0.3 is 0 Å². The van der Waals surface area contributed by atoms with E-state index in [1.54, 1.807) is 19.3 Å². The fourth-order valence-electron chi connectivity index (χ4n) is 2.00. The molecule has 2 rings (SSSR count). The maximum absolute atomic E-state index is 14.3. The summed E-state index contributed by atoms with van der Waals surface area (Å²) in [6.45, 7) is 1.10. The molecule has 1 N–H and O–H groups in total. The first-order chi connectivity index (χ1) is 9.61. The highest BCUT2D eigenvalue weighted by Gasteiger charge is 2.13. The third kappa shape index (κ3) is 3.55. The molecule has 0 amide bonds. The molecule has 0 aliphatic rings. The summed E-state index contributed by atoms with van der Waals surface area (Å²) in [4.78, 5) is 5.97. The zero-order valence-corrected chi connectivity index (χ0v) is 13.1. The van der Waals surface area contributed by atoms with Crippen molar-refractivity contribution >= 4 is 21.7 Å². The minimum Gasteiger partial charge on any atom is -0.353 e. The number of benzene rings is 1. The highest BCUT2D eigenvalue weighted by Crippen LogP contribution is 2.20. The molecule has 5 heteroatoms. The average molecular weight is 338 g/mol. The number of hydrogen-bond acceptors (Lipinski definition) is 3. The molecule has 0 aliphatic carbocycles. The number of halogens is 2. The molecule has 1 aromatic heterocycles. The minimum atomic E-state index is -0.263. The highest BCUT2D eigenvalue weighted by molar-refractivity contribution is 9.10. The van der Waals surface area contributed by atoms with Gasteiger partial charge in [-0.2, -0.15) is 0 Å². The fourth-order valence-corrected chi connectivity index (χ4v) is 2.27. The summed E-state index contributed by atoms with van der Waals surface area (Å²) in [6.07, 6.45) is 1.64. The van der Waals surface area contributed by atoms with Crippen LogP contribution in [0.5, 0.6) is 0 Å². The molecule has 0 aliphatic heterocycles. The minimum absolute atomic E-state index is 0.263. The Morgan fingerprint density at radius 1 is 1.25 bits per heavy atom. The molecule has 0 radical (unpaired) electrons. The van der Waals surface area contributed by atoms with Gasteiger partial charge in [0.05, 0.1) is 0 Å². The molecule has 1 aromatic carbocycles. The van der Waals surface area contributed by atoms with E-state index in [1.165, 1.54) is 0 Å². The van der Waals surface area contributed by atoms with Crippen LogP contribution in [0.3, 0.4) is 0 Å². The number of pyridine rings is 1. The maximum Gasteiger partial charge on any atom is 0.170 e. The summed E-state index contributed by atoms with van der Waals surface area (Å²) in [5, 5.41) is 2.96. The summed E-state index contributed by atoms with van der Waals surface area (Å²) in [6, 6.07) is 9.67. The molecule has 3 nitrogen and oxygen atoms in total. The first-order valence-electron chi connectivity index (χ1n) is 6.35. The largest absolute Gasteiger partial charge is 0.353 e. The summed E-state index contributed by atoms with van der Waals surface area (Å²) in [7, 11) is 3.64. The van der Waals surface area contributed by atoms with Crippen LogP contribution in [0.1, 0.15) is 11.1 Å². The number of nitrogens with one attached hydrogen (secondary N) is 1. The second-order valence-corrected chi connectivity index (χ2v) is 5.54. The van der Waals surface area contributed by atoms with E-state index < -0.39 is 0 Å². The van der Waals surface area contributed by atoms with Gasteiger partial charge in [-0.25, -0.2) is 9.37 Å². The molecule has 0 atom stereocenters. The van der Waals surface area contributed by atoms with Crippen LogP contribution in [0.25, 0.3) is 0 Å². The lowest BCUT2D eigenvalue weighted by Crippen LogP contribution is -2.20. The van der Waals surface area contributed by atoms with Crippen LogP contribution in [0, 0.1) is 5.82 Å². The monoisotopic (exact) mass is 337 g/mol. The van der Waals surface area contributed by atoms with Crippen molar-refractivity contribution in [1.29, 1.82) is 0 Å². The van der Waals surface area contributed by atoms with Gasteiger partial charge in [0.15, 0.2) is 11.6 Å². The fraction of sp³-hybridized carbons (Fsp3) is 0.267. The SMILES string of the molecule is CNCc1ccnc(N(C)Cc2ccc(Br)cc2)c1F. The van der Waals surface area contributed by atoms with Gasteiger partial charge in [-0.15, -0.1) is 0 Å². The van der Waals surface area contributed by atoms with Crippen LogP contribution in [0.4, 0.5) is 10.2 Å². The highest BCUT2D eigenvalue weighted by atomic mass is 79.9. The van der Waals surface area contributed by atoms with Crippen LogP contribution in [0.2, 0.25) is 0 Å². The molecule has 0 saturated carbocycles. The Hall–Kier alpha value is -1.46. The lowest BCUT2D eigenvalue weighted by Gasteiger charge is -2.20. The lowest BCUT2D eigenvalue weighted by atomic mass is 10.2. The normalized spacial score (nSPS) is 10.6. The molecular weight excluding hydrogens is 321 g/mol. The van der Waals surface area contributed by atoms with Crippen molar-refractivity contribution in [3.63, 3.8) is 0 Å². The first-order valence-corrected chi connectivity index (χ1v) is 7.14. The number of aromatic nitrogens is 1. The van der Waals surface area contributed by atoms with E-state index in [2.05, 4.69) is 26.2 Å². The van der Waals surface area contributed by atoms with Gasteiger partial charge in [-0.05, 0) is 30.8 Å². The zero-order valence-electron chi connectivity index (χ0n) is 11.5. The van der Waals surface area contributed by atoms with Crippen LogP contribution in [-0.4, -0.2) is 19.1 Å². The molecule has 2 aromatic rings. The molecule has 0 spiro atoms. The van der Waals surface area contributed by atoms with Gasteiger partial charge < -0.3 is 10.2 Å². The van der Waals surface area contributed by atoms with Crippen molar-refractivity contribution in [1.82, 2.24) is 10.3 Å². The first kappa shape index (κ1) is 14.9. The number of nitrogens with zero attached hydrogens (tertiary/aromatic N) is 2. The van der Waals surface area contributed by atoms with E-state index in [-0.39, 0.29) is 5.82 Å². The maximum atomic E-state index is 14.3. The molecule has 0 unspecified atom stereocenters. The van der Waals surface area contributed by atoms with Crippen molar-refractivity contribution in [2.45, 2.75) is 13.1 Å². The van der Waals surface area contributed by atoms with Crippen LogP contribution in [-0.2, 0) is 13.1 Å². The van der Waals surface area contributed by atoms with Crippen molar-refractivity contribution in [2.24, 2.45) is 0 Å². The molecular formula is C15H17BrFN3. The summed E-state index contributed by atoms with van der Waals surface area (Å²) < 4.78 is 15.4. The van der Waals surface area contributed by atoms with Gasteiger partial charge in [0.25, 0.3) is 0 Å². The van der Waals surface area contributed by atoms with E-state index in [9.17, 15) is 4.39 Å². The third-order valence-corrected chi connectivity index (χ3v) is 3.54. The van der Waals surface area contributed by atoms with Gasteiger partial charge in [0, 0.05) is 36.4 Å². The summed E-state index contributed by atoms with van der Waals surface area (Å²) in [5.74, 6) is 0.113. The van der Waals surface area contributed by atoms with Crippen molar-refractivity contribution in [3.05, 3.63) is 57.9 Å². The van der Waals surface area contributed by atoms with Crippen molar-refractivity contribution in [3.8, 4) is 0 Å². The van der Waals surface area contributed by atoms with Crippen molar-refractivity contribution < 1.29 is 4.39 Å². The van der Waals surface area contributed by atoms with E-state index in [0.29, 0.717) is 24.5 Å². The summed E-state index contributed by atoms with van der Waals surface area (Å²) >= 11 is 3.40. The predicted octanol–water partition coefficient (Wildman–Crippen LogP) is 3.34. The van der Waals surface area contributed by atoms with E-state index in [0.717, 1.165) is 10.0 Å². The predicted molar refractivity (Wildman–Crippen MR) is 83.2 cm³/mol. The standard InChI is InChI=1S/C15H17BrFN3/c1-18-9-12-7-8-19-15(14(12)17)20(2)10-11-3-5-13(16)6-4-11/h3-8,18H,9-10H2,1-2H3. The van der Waals surface area contributed by atoms with Crippen molar-refractivity contribution in [2.75, 3.05) is 19.0 Å². The van der Waals surface area contributed by atoms with E-state index in [1.807, 2.05) is 36.2 Å². The Labute approximate surface area is 127 Å². The zero-order chi connectivity index (χ0) is 14.5. The Balaban J connectivity index is 2.18. The molecule has 106 valence electrons. The number of anilines is 1. The van der Waals surface area contributed by atoms with E-state index >= 15 is 0 Å². The van der Waals surface area contributed by atoms with Crippen LogP contribution < -0.4 is 10.2 Å². The number of rotatable bonds is 5. The smallest absolute Gasteiger partial charge is 0.170 e. The molecule has 0 bridgehead atoms. The van der Waals surface area contributed by atoms with Gasteiger partial charge in [0.1, 0.15) is 0 Å². The van der Waals surface area contributed by atoms with Crippen LogP contribution >= 0.6 is 15.9 Å². The van der Waals surface area contributed by atoms with Gasteiger partial charge in [-0.3, -0.25) is 0 Å². The Kier molecular flexibility index (Phi) is 5.09. The molecule has 0 saturated heterocycles. The Bertz CT molecular complexity index is 572. The van der Waals surface area contributed by atoms with Gasteiger partial charge in [0.2, 0.25) is 0 Å². The Morgan fingerprint density at radius 2 is 1.95 bits per heavy atom. The molecule has 20 heavy (non-hydrogen) atoms. The lowest BCUT2D eigenvalue weighted by molar-refractivity contribution is 0.589. The second kappa shape index (κ2) is 6.81. The second-order valence-electron chi connectivity index (χ2n) is 4.62. The molecule has 1 heterocycles. The topological polar surface area (TPSA) is 28.2 Å².